The fourth-order valence-electron chi connectivity index (χ4n) is 3.68. The number of hydrogen-bond donors (Lipinski definition) is 2. The van der Waals surface area contributed by atoms with Crippen LogP contribution >= 0.6 is 22.9 Å². The van der Waals surface area contributed by atoms with Crippen molar-refractivity contribution in [3.8, 4) is 0 Å². The van der Waals surface area contributed by atoms with Gasteiger partial charge in [0.25, 0.3) is 5.91 Å². The van der Waals surface area contributed by atoms with Gasteiger partial charge in [-0.25, -0.2) is 4.98 Å². The Morgan fingerprint density at radius 1 is 1.19 bits per heavy atom. The minimum Gasteiger partial charge on any atom is -0.459 e. The van der Waals surface area contributed by atoms with Gasteiger partial charge in [-0.15, -0.1) is 11.3 Å². The molecule has 31 heavy (non-hydrogen) atoms. The maximum atomic E-state index is 12.6. The molecule has 1 aromatic carbocycles. The average Bonchev–Trinajstić information content (AvgIpc) is 3.53. The molecule has 2 aromatic heterocycles. The molecule has 1 saturated heterocycles. The van der Waals surface area contributed by atoms with E-state index in [0.717, 1.165) is 31.5 Å². The Morgan fingerprint density at radius 3 is 2.74 bits per heavy atom. The molecule has 1 fully saturated rings. The van der Waals surface area contributed by atoms with Gasteiger partial charge in [-0.3, -0.25) is 19.8 Å². The number of thiazole rings is 1. The maximum Gasteiger partial charge on any atom is 0.293 e. The number of benzene rings is 1. The predicted octanol–water partition coefficient (Wildman–Crippen LogP) is 4.14. The second-order valence-corrected chi connectivity index (χ2v) is 8.60. The predicted molar refractivity (Wildman–Crippen MR) is 120 cm³/mol. The molecule has 0 spiro atoms. The fourth-order valence-corrected chi connectivity index (χ4v) is 4.65. The lowest BCUT2D eigenvalue weighted by Crippen LogP contribution is -2.37. The number of halogens is 1. The quantitative estimate of drug-likeness (QED) is 0.529. The molecule has 1 aliphatic rings. The summed E-state index contributed by atoms with van der Waals surface area (Å²) in [5, 5.41) is 8.61. The largest absolute Gasteiger partial charge is 0.459 e. The molecule has 162 valence electrons. The SMILES string of the molecule is O=C(Cc1csc(NC(=O)c2ccco2)n1)NCC(c1ccccc1Cl)N1CCCC1. The van der Waals surface area contributed by atoms with Gasteiger partial charge in [0.1, 0.15) is 0 Å². The van der Waals surface area contributed by atoms with E-state index in [-0.39, 0.29) is 30.0 Å². The van der Waals surface area contributed by atoms with Crippen LogP contribution in [0.4, 0.5) is 5.13 Å². The zero-order chi connectivity index (χ0) is 21.6. The highest BCUT2D eigenvalue weighted by Crippen LogP contribution is 2.29. The average molecular weight is 459 g/mol. The van der Waals surface area contributed by atoms with E-state index in [2.05, 4.69) is 20.5 Å². The highest BCUT2D eigenvalue weighted by Gasteiger charge is 2.25. The molecule has 1 atom stereocenters. The molecule has 7 nitrogen and oxygen atoms in total. The maximum absolute atomic E-state index is 12.6. The van der Waals surface area contributed by atoms with Gasteiger partial charge >= 0.3 is 0 Å². The lowest BCUT2D eigenvalue weighted by molar-refractivity contribution is -0.120. The zero-order valence-corrected chi connectivity index (χ0v) is 18.4. The molecule has 0 aliphatic carbocycles. The third-order valence-electron chi connectivity index (χ3n) is 5.20. The summed E-state index contributed by atoms with van der Waals surface area (Å²) in [7, 11) is 0. The van der Waals surface area contributed by atoms with E-state index >= 15 is 0 Å². The standard InChI is InChI=1S/C22H23ClN4O3S/c23-17-7-2-1-6-16(17)18(27-9-3-4-10-27)13-24-20(28)12-15-14-31-22(25-15)26-21(29)19-8-5-11-30-19/h1-2,5-8,11,14,18H,3-4,9-10,12-13H2,(H,24,28)(H,25,26,29). The van der Waals surface area contributed by atoms with Gasteiger partial charge < -0.3 is 9.73 Å². The molecule has 0 radical (unpaired) electrons. The summed E-state index contributed by atoms with van der Waals surface area (Å²) < 4.78 is 5.07. The van der Waals surface area contributed by atoms with Crippen LogP contribution in [-0.4, -0.2) is 41.3 Å². The number of anilines is 1. The molecule has 4 rings (SSSR count). The van der Waals surface area contributed by atoms with E-state index in [9.17, 15) is 9.59 Å². The summed E-state index contributed by atoms with van der Waals surface area (Å²) in [6.45, 7) is 2.47. The van der Waals surface area contributed by atoms with Crippen molar-refractivity contribution in [1.29, 1.82) is 0 Å². The van der Waals surface area contributed by atoms with Gasteiger partial charge in [0.15, 0.2) is 10.9 Å². The van der Waals surface area contributed by atoms with Crippen LogP contribution in [-0.2, 0) is 11.2 Å². The Labute approximate surface area is 189 Å². The van der Waals surface area contributed by atoms with Crippen molar-refractivity contribution in [2.24, 2.45) is 0 Å². The molecule has 1 aliphatic heterocycles. The Balaban J connectivity index is 1.34. The number of aromatic nitrogens is 1. The number of hydrogen-bond acceptors (Lipinski definition) is 6. The summed E-state index contributed by atoms with van der Waals surface area (Å²) in [6.07, 6.45) is 3.88. The van der Waals surface area contributed by atoms with Crippen molar-refractivity contribution in [3.63, 3.8) is 0 Å². The number of likely N-dealkylation sites (tertiary alicyclic amines) is 1. The van der Waals surface area contributed by atoms with Gasteiger partial charge in [-0.05, 0) is 49.7 Å². The molecular formula is C22H23ClN4O3S. The first-order chi connectivity index (χ1) is 15.1. The van der Waals surface area contributed by atoms with E-state index in [1.54, 1.807) is 17.5 Å². The summed E-state index contributed by atoms with van der Waals surface area (Å²) in [6, 6.07) is 11.0. The summed E-state index contributed by atoms with van der Waals surface area (Å²) in [5.41, 5.74) is 1.63. The highest BCUT2D eigenvalue weighted by molar-refractivity contribution is 7.14. The van der Waals surface area contributed by atoms with Crippen LogP contribution in [0, 0.1) is 0 Å². The molecular weight excluding hydrogens is 436 g/mol. The second kappa shape index (κ2) is 10.1. The van der Waals surface area contributed by atoms with E-state index in [4.69, 9.17) is 16.0 Å². The highest BCUT2D eigenvalue weighted by atomic mass is 35.5. The van der Waals surface area contributed by atoms with Gasteiger partial charge in [0.05, 0.1) is 24.4 Å². The third kappa shape index (κ3) is 5.52. The first-order valence-electron chi connectivity index (χ1n) is 10.1. The Morgan fingerprint density at radius 2 is 2.00 bits per heavy atom. The van der Waals surface area contributed by atoms with Crippen LogP contribution in [0.1, 0.15) is 40.7 Å². The molecule has 9 heteroatoms. The smallest absolute Gasteiger partial charge is 0.293 e. The van der Waals surface area contributed by atoms with Crippen LogP contribution in [0.3, 0.4) is 0 Å². The van der Waals surface area contributed by atoms with Crippen molar-refractivity contribution >= 4 is 39.9 Å². The topological polar surface area (TPSA) is 87.5 Å². The number of nitrogens with zero attached hydrogens (tertiary/aromatic N) is 2. The van der Waals surface area contributed by atoms with Gasteiger partial charge in [-0.1, -0.05) is 29.8 Å². The normalized spacial score (nSPS) is 15.0. The van der Waals surface area contributed by atoms with Crippen molar-refractivity contribution < 1.29 is 14.0 Å². The van der Waals surface area contributed by atoms with Crippen LogP contribution in [0.25, 0.3) is 0 Å². The third-order valence-corrected chi connectivity index (χ3v) is 6.35. The number of carbonyl (C=O) groups excluding carboxylic acids is 2. The zero-order valence-electron chi connectivity index (χ0n) is 16.8. The monoisotopic (exact) mass is 458 g/mol. The Bertz CT molecular complexity index is 1030. The molecule has 3 heterocycles. The lowest BCUT2D eigenvalue weighted by atomic mass is 10.1. The second-order valence-electron chi connectivity index (χ2n) is 7.34. The van der Waals surface area contributed by atoms with Crippen molar-refractivity contribution in [1.82, 2.24) is 15.2 Å². The molecule has 2 amide bonds. The number of amides is 2. The van der Waals surface area contributed by atoms with Crippen molar-refractivity contribution in [2.75, 3.05) is 25.0 Å². The van der Waals surface area contributed by atoms with Crippen LogP contribution in [0.2, 0.25) is 5.02 Å². The first-order valence-corrected chi connectivity index (χ1v) is 11.4. The van der Waals surface area contributed by atoms with Crippen LogP contribution in [0.15, 0.2) is 52.5 Å². The lowest BCUT2D eigenvalue weighted by Gasteiger charge is -2.29. The van der Waals surface area contributed by atoms with Gasteiger partial charge in [0.2, 0.25) is 5.91 Å². The summed E-state index contributed by atoms with van der Waals surface area (Å²) in [4.78, 5) is 31.3. The summed E-state index contributed by atoms with van der Waals surface area (Å²) in [5.74, 6) is -0.281. The Kier molecular flexibility index (Phi) is 7.01. The molecule has 0 saturated carbocycles. The Hall–Kier alpha value is -2.68. The molecule has 3 aromatic rings. The number of carbonyl (C=O) groups is 2. The van der Waals surface area contributed by atoms with Crippen molar-refractivity contribution in [2.45, 2.75) is 25.3 Å². The van der Waals surface area contributed by atoms with Crippen LogP contribution in [0.5, 0.6) is 0 Å². The molecule has 1 unspecified atom stereocenters. The van der Waals surface area contributed by atoms with E-state index in [1.807, 2.05) is 24.3 Å². The van der Waals surface area contributed by atoms with Gasteiger partial charge in [0, 0.05) is 16.9 Å². The number of rotatable bonds is 8. The molecule has 2 N–H and O–H groups in total. The first kappa shape index (κ1) is 21.5. The van der Waals surface area contributed by atoms with Gasteiger partial charge in [-0.2, -0.15) is 0 Å². The van der Waals surface area contributed by atoms with Crippen LogP contribution < -0.4 is 10.6 Å². The fraction of sp³-hybridized carbons (Fsp3) is 0.318. The van der Waals surface area contributed by atoms with E-state index < -0.39 is 0 Å². The van der Waals surface area contributed by atoms with Crippen molar-refractivity contribution in [3.05, 3.63) is 70.1 Å². The summed E-state index contributed by atoms with van der Waals surface area (Å²) >= 11 is 7.70. The minimum absolute atomic E-state index is 0.0405. The van der Waals surface area contributed by atoms with E-state index in [0.29, 0.717) is 22.4 Å². The number of furan rings is 1. The van der Waals surface area contributed by atoms with E-state index in [1.165, 1.54) is 17.6 Å². The minimum atomic E-state index is -0.372. The number of nitrogens with one attached hydrogen (secondary N) is 2. The molecule has 0 bridgehead atoms.